The van der Waals surface area contributed by atoms with Crippen LogP contribution in [-0.4, -0.2) is 5.33 Å². The summed E-state index contributed by atoms with van der Waals surface area (Å²) in [5.41, 5.74) is 0.856. The molecule has 0 saturated carbocycles. The molecule has 1 aromatic carbocycles. The topological polar surface area (TPSA) is 0 Å². The molecular weight excluding hydrogens is 287 g/mol. The first-order valence-electron chi connectivity index (χ1n) is 3.41. The van der Waals surface area contributed by atoms with Crippen LogP contribution in [0.4, 0.5) is 4.39 Å². The first kappa shape index (κ1) is 9.93. The zero-order valence-electron chi connectivity index (χ0n) is 6.23. The van der Waals surface area contributed by atoms with Gasteiger partial charge in [-0.15, -0.1) is 0 Å². The molecule has 0 heterocycles. The van der Waals surface area contributed by atoms with Gasteiger partial charge in [-0.3, -0.25) is 0 Å². The first-order chi connectivity index (χ1) is 5.74. The zero-order chi connectivity index (χ0) is 8.97. The minimum atomic E-state index is -0.215. The summed E-state index contributed by atoms with van der Waals surface area (Å²) in [6, 6.07) is 4.61. The molecule has 1 rings (SSSR count). The maximum absolute atomic E-state index is 12.7. The van der Waals surface area contributed by atoms with Gasteiger partial charge in [0.1, 0.15) is 5.82 Å². The second kappa shape index (κ2) is 4.77. The largest absolute Gasteiger partial charge is 0.207 e. The first-order valence-corrected chi connectivity index (χ1v) is 5.33. The highest BCUT2D eigenvalue weighted by atomic mass is 79.9. The highest BCUT2D eigenvalue weighted by molar-refractivity contribution is 9.10. The van der Waals surface area contributed by atoms with Crippen LogP contribution >= 0.6 is 31.9 Å². The van der Waals surface area contributed by atoms with E-state index in [0.717, 1.165) is 15.4 Å². The van der Waals surface area contributed by atoms with Gasteiger partial charge in [0.2, 0.25) is 0 Å². The predicted octanol–water partition coefficient (Wildman–Crippen LogP) is 4.00. The van der Waals surface area contributed by atoms with Crippen LogP contribution in [0.3, 0.4) is 0 Å². The Morgan fingerprint density at radius 3 is 2.83 bits per heavy atom. The molecule has 64 valence electrons. The van der Waals surface area contributed by atoms with Gasteiger partial charge >= 0.3 is 0 Å². The number of hydrogen-bond acceptors (Lipinski definition) is 0. The maximum atomic E-state index is 12.7. The second-order valence-corrected chi connectivity index (χ2v) is 3.72. The second-order valence-electron chi connectivity index (χ2n) is 2.22. The molecule has 1 aromatic rings. The van der Waals surface area contributed by atoms with Gasteiger partial charge in [-0.05, 0) is 23.8 Å². The molecule has 0 saturated heterocycles. The lowest BCUT2D eigenvalue weighted by molar-refractivity contribution is 0.627. The van der Waals surface area contributed by atoms with E-state index in [-0.39, 0.29) is 5.82 Å². The van der Waals surface area contributed by atoms with Crippen LogP contribution in [0.1, 0.15) is 5.56 Å². The fraction of sp³-hybridized carbons (Fsp3) is 0.111. The molecule has 0 atom stereocenters. The van der Waals surface area contributed by atoms with Crippen LogP contribution in [0.5, 0.6) is 0 Å². The third-order valence-corrected chi connectivity index (χ3v) is 2.44. The summed E-state index contributed by atoms with van der Waals surface area (Å²) in [4.78, 5) is 0. The van der Waals surface area contributed by atoms with E-state index in [1.165, 1.54) is 12.1 Å². The molecule has 0 radical (unpaired) electrons. The Kier molecular flexibility index (Phi) is 3.95. The normalized spacial score (nSPS) is 10.9. The Labute approximate surface area is 87.7 Å². The quantitative estimate of drug-likeness (QED) is 0.723. The van der Waals surface area contributed by atoms with Crippen molar-refractivity contribution in [2.45, 2.75) is 0 Å². The summed E-state index contributed by atoms with van der Waals surface area (Å²) in [5, 5.41) is 0.774. The molecule has 0 aliphatic rings. The van der Waals surface area contributed by atoms with Crippen LogP contribution in [0.25, 0.3) is 6.08 Å². The van der Waals surface area contributed by atoms with Crippen molar-refractivity contribution in [2.24, 2.45) is 0 Å². The van der Waals surface area contributed by atoms with Crippen molar-refractivity contribution in [1.29, 1.82) is 0 Å². The maximum Gasteiger partial charge on any atom is 0.123 e. The van der Waals surface area contributed by atoms with Gasteiger partial charge in [0.15, 0.2) is 0 Å². The molecular formula is C9H7Br2F. The van der Waals surface area contributed by atoms with E-state index in [4.69, 9.17) is 0 Å². The molecule has 0 aliphatic carbocycles. The van der Waals surface area contributed by atoms with Crippen molar-refractivity contribution in [3.63, 3.8) is 0 Å². The predicted molar refractivity (Wildman–Crippen MR) is 56.9 cm³/mol. The van der Waals surface area contributed by atoms with Crippen LogP contribution in [0.2, 0.25) is 0 Å². The minimum Gasteiger partial charge on any atom is -0.207 e. The molecule has 0 N–H and O–H groups in total. The van der Waals surface area contributed by atoms with Gasteiger partial charge in [0.05, 0.1) is 0 Å². The highest BCUT2D eigenvalue weighted by Crippen LogP contribution is 2.19. The van der Waals surface area contributed by atoms with E-state index in [1.807, 2.05) is 12.2 Å². The lowest BCUT2D eigenvalue weighted by Crippen LogP contribution is -1.78. The molecule has 0 amide bonds. The number of rotatable bonds is 2. The Morgan fingerprint density at radius 2 is 2.17 bits per heavy atom. The van der Waals surface area contributed by atoms with Gasteiger partial charge in [-0.25, -0.2) is 4.39 Å². The van der Waals surface area contributed by atoms with Gasteiger partial charge < -0.3 is 0 Å². The molecule has 0 aromatic heterocycles. The molecule has 3 heteroatoms. The molecule has 0 aliphatic heterocycles. The third-order valence-electron chi connectivity index (χ3n) is 1.34. The van der Waals surface area contributed by atoms with Gasteiger partial charge in [-0.2, -0.15) is 0 Å². The molecule has 0 unspecified atom stereocenters. The average molecular weight is 294 g/mol. The molecule has 12 heavy (non-hydrogen) atoms. The van der Waals surface area contributed by atoms with Crippen LogP contribution < -0.4 is 0 Å². The number of benzene rings is 1. The van der Waals surface area contributed by atoms with Crippen molar-refractivity contribution in [2.75, 3.05) is 5.33 Å². The van der Waals surface area contributed by atoms with Crippen molar-refractivity contribution < 1.29 is 4.39 Å². The fourth-order valence-corrected chi connectivity index (χ4v) is 1.38. The smallest absolute Gasteiger partial charge is 0.123 e. The summed E-state index contributed by atoms with van der Waals surface area (Å²) >= 11 is 6.58. The molecule has 0 spiro atoms. The Balaban J connectivity index is 2.97. The van der Waals surface area contributed by atoms with E-state index in [1.54, 1.807) is 6.07 Å². The summed E-state index contributed by atoms with van der Waals surface area (Å²) in [6.07, 6.45) is 3.78. The summed E-state index contributed by atoms with van der Waals surface area (Å²) in [6.45, 7) is 0. The van der Waals surface area contributed by atoms with Gasteiger partial charge in [-0.1, -0.05) is 44.0 Å². The highest BCUT2D eigenvalue weighted by Gasteiger charge is 1.96. The Bertz CT molecular complexity index is 295. The summed E-state index contributed by atoms with van der Waals surface area (Å²) < 4.78 is 13.6. The van der Waals surface area contributed by atoms with E-state index >= 15 is 0 Å². The SMILES string of the molecule is Fc1ccc(Br)c(C=CCBr)c1. The number of hydrogen-bond donors (Lipinski definition) is 0. The van der Waals surface area contributed by atoms with E-state index in [9.17, 15) is 4.39 Å². The van der Waals surface area contributed by atoms with E-state index < -0.39 is 0 Å². The van der Waals surface area contributed by atoms with E-state index in [2.05, 4.69) is 31.9 Å². The number of halogens is 3. The molecule has 0 fully saturated rings. The van der Waals surface area contributed by atoms with Crippen LogP contribution in [0.15, 0.2) is 28.7 Å². The molecule has 0 bridgehead atoms. The number of alkyl halides is 1. The van der Waals surface area contributed by atoms with Crippen molar-refractivity contribution in [3.8, 4) is 0 Å². The zero-order valence-corrected chi connectivity index (χ0v) is 9.40. The molecule has 0 nitrogen and oxygen atoms in total. The Morgan fingerprint density at radius 1 is 1.42 bits per heavy atom. The summed E-state index contributed by atoms with van der Waals surface area (Å²) in [7, 11) is 0. The van der Waals surface area contributed by atoms with Crippen LogP contribution in [-0.2, 0) is 0 Å². The number of allylic oxidation sites excluding steroid dienone is 1. The van der Waals surface area contributed by atoms with Crippen LogP contribution in [0, 0.1) is 5.82 Å². The summed E-state index contributed by atoms with van der Waals surface area (Å²) in [5.74, 6) is -0.215. The Hall–Kier alpha value is -0.150. The standard InChI is InChI=1S/C9H7Br2F/c10-5-1-2-7-6-8(12)3-4-9(7)11/h1-4,6H,5H2. The lowest BCUT2D eigenvalue weighted by atomic mass is 10.2. The van der Waals surface area contributed by atoms with Gasteiger partial charge in [0.25, 0.3) is 0 Å². The van der Waals surface area contributed by atoms with Crippen molar-refractivity contribution in [1.82, 2.24) is 0 Å². The minimum absolute atomic E-state index is 0.215. The average Bonchev–Trinajstić information content (AvgIpc) is 2.07. The fourth-order valence-electron chi connectivity index (χ4n) is 0.814. The van der Waals surface area contributed by atoms with Crippen molar-refractivity contribution >= 4 is 37.9 Å². The monoisotopic (exact) mass is 292 g/mol. The van der Waals surface area contributed by atoms with Gasteiger partial charge in [0, 0.05) is 9.80 Å². The van der Waals surface area contributed by atoms with Crippen molar-refractivity contribution in [3.05, 3.63) is 40.1 Å². The third kappa shape index (κ3) is 2.72. The lowest BCUT2D eigenvalue weighted by Gasteiger charge is -1.97. The van der Waals surface area contributed by atoms with E-state index in [0.29, 0.717) is 0 Å².